The van der Waals surface area contributed by atoms with Crippen molar-refractivity contribution in [1.29, 1.82) is 0 Å². The van der Waals surface area contributed by atoms with Crippen molar-refractivity contribution in [2.24, 2.45) is 5.92 Å². The molecule has 6 heteroatoms. The van der Waals surface area contributed by atoms with E-state index in [1.807, 2.05) is 0 Å². The van der Waals surface area contributed by atoms with Crippen molar-refractivity contribution >= 4 is 11.4 Å². The predicted molar refractivity (Wildman–Crippen MR) is 53.6 cm³/mol. The Labute approximate surface area is 90.9 Å². The highest BCUT2D eigenvalue weighted by Gasteiger charge is 2.52. The average molecular weight is 243 g/mol. The third-order valence-corrected chi connectivity index (χ3v) is 3.82. The third kappa shape index (κ3) is 3.85. The Bertz CT molecular complexity index is 222. The summed E-state index contributed by atoms with van der Waals surface area (Å²) in [6.45, 7) is 4.95. The molecule has 1 aliphatic carbocycles. The summed E-state index contributed by atoms with van der Waals surface area (Å²) in [5, 5.41) is 0. The van der Waals surface area contributed by atoms with Gasteiger partial charge in [-0.3, -0.25) is 0 Å². The quantitative estimate of drug-likeness (QED) is 0.772. The number of halogens is 3. The minimum atomic E-state index is -4.30. The lowest BCUT2D eigenvalue weighted by Gasteiger charge is -2.28. The minimum Gasteiger partial charge on any atom is -0.598 e. The van der Waals surface area contributed by atoms with Gasteiger partial charge in [0, 0.05) is 11.4 Å². The van der Waals surface area contributed by atoms with Crippen molar-refractivity contribution in [1.82, 2.24) is 4.72 Å². The SMILES string of the molecule is CC(C)(C)[S+]([O-])NC(C1CC1)C(F)(F)F. The largest absolute Gasteiger partial charge is 0.598 e. The van der Waals surface area contributed by atoms with E-state index in [1.165, 1.54) is 0 Å². The third-order valence-electron chi connectivity index (χ3n) is 2.24. The van der Waals surface area contributed by atoms with Gasteiger partial charge >= 0.3 is 6.18 Å². The van der Waals surface area contributed by atoms with Crippen LogP contribution in [0.1, 0.15) is 33.6 Å². The topological polar surface area (TPSA) is 35.1 Å². The number of hydrogen-bond acceptors (Lipinski definition) is 2. The average Bonchev–Trinajstić information content (AvgIpc) is 2.77. The number of hydrogen-bond donors (Lipinski definition) is 1. The van der Waals surface area contributed by atoms with Gasteiger partial charge in [0.1, 0.15) is 4.75 Å². The van der Waals surface area contributed by atoms with Gasteiger partial charge in [0.25, 0.3) is 0 Å². The van der Waals surface area contributed by atoms with Gasteiger partial charge in [0.15, 0.2) is 6.04 Å². The molecule has 0 aromatic heterocycles. The Balaban J connectivity index is 2.60. The highest BCUT2D eigenvalue weighted by molar-refractivity contribution is 7.90. The summed E-state index contributed by atoms with van der Waals surface area (Å²) in [5.41, 5.74) is 0. The molecule has 0 aliphatic heterocycles. The van der Waals surface area contributed by atoms with Crippen LogP contribution in [0.5, 0.6) is 0 Å². The number of rotatable bonds is 3. The van der Waals surface area contributed by atoms with Crippen LogP contribution in [0.4, 0.5) is 13.2 Å². The first-order valence-electron chi connectivity index (χ1n) is 4.87. The summed E-state index contributed by atoms with van der Waals surface area (Å²) < 4.78 is 50.8. The fraction of sp³-hybridized carbons (Fsp3) is 1.00. The summed E-state index contributed by atoms with van der Waals surface area (Å²) in [4.78, 5) is 0. The predicted octanol–water partition coefficient (Wildman–Crippen LogP) is 2.38. The minimum absolute atomic E-state index is 0.392. The molecule has 2 unspecified atom stereocenters. The lowest BCUT2D eigenvalue weighted by molar-refractivity contribution is -0.155. The molecule has 0 amide bonds. The second-order valence-corrected chi connectivity index (χ2v) is 6.85. The van der Waals surface area contributed by atoms with Gasteiger partial charge in [-0.2, -0.15) is 13.2 Å². The van der Waals surface area contributed by atoms with Crippen LogP contribution in [0.3, 0.4) is 0 Å². The van der Waals surface area contributed by atoms with E-state index in [9.17, 15) is 17.7 Å². The summed E-state index contributed by atoms with van der Waals surface area (Å²) in [6, 6.07) is -1.61. The highest BCUT2D eigenvalue weighted by atomic mass is 32.2. The van der Waals surface area contributed by atoms with Gasteiger partial charge < -0.3 is 4.55 Å². The highest BCUT2D eigenvalue weighted by Crippen LogP contribution is 2.40. The fourth-order valence-electron chi connectivity index (χ4n) is 1.15. The first-order chi connectivity index (χ1) is 6.62. The van der Waals surface area contributed by atoms with E-state index in [0.717, 1.165) is 0 Å². The fourth-order valence-corrected chi connectivity index (χ4v) is 2.06. The van der Waals surface area contributed by atoms with Gasteiger partial charge in [-0.15, -0.1) is 4.72 Å². The lowest BCUT2D eigenvalue weighted by Crippen LogP contribution is -2.51. The Morgan fingerprint density at radius 1 is 1.27 bits per heavy atom. The van der Waals surface area contributed by atoms with Gasteiger partial charge in [0.05, 0.1) is 0 Å². The monoisotopic (exact) mass is 243 g/mol. The zero-order chi connectivity index (χ0) is 11.9. The van der Waals surface area contributed by atoms with Crippen molar-refractivity contribution in [3.05, 3.63) is 0 Å². The molecule has 1 aliphatic rings. The summed E-state index contributed by atoms with van der Waals surface area (Å²) in [5.74, 6) is -0.392. The van der Waals surface area contributed by atoms with Gasteiger partial charge in [0.2, 0.25) is 0 Å². The van der Waals surface area contributed by atoms with Crippen LogP contribution < -0.4 is 4.72 Å². The standard InChI is InChI=1S/C9H16F3NOS/c1-8(2,3)15(14)13-7(6-4-5-6)9(10,11)12/h6-7,13H,4-5H2,1-3H3. The zero-order valence-electron chi connectivity index (χ0n) is 9.02. The second kappa shape index (κ2) is 4.14. The van der Waals surface area contributed by atoms with Crippen LogP contribution in [0.15, 0.2) is 0 Å². The maximum atomic E-state index is 12.6. The van der Waals surface area contributed by atoms with Crippen molar-refractivity contribution < 1.29 is 17.7 Å². The first-order valence-corrected chi connectivity index (χ1v) is 6.02. The van der Waals surface area contributed by atoms with Crippen molar-refractivity contribution in [3.63, 3.8) is 0 Å². The molecule has 2 nitrogen and oxygen atoms in total. The normalized spacial score (nSPS) is 22.6. The van der Waals surface area contributed by atoms with E-state index in [-0.39, 0.29) is 0 Å². The Kier molecular flexibility index (Phi) is 3.63. The molecule has 0 bridgehead atoms. The van der Waals surface area contributed by atoms with Crippen LogP contribution in [0, 0.1) is 5.92 Å². The number of alkyl halides is 3. The molecule has 90 valence electrons. The van der Waals surface area contributed by atoms with Gasteiger partial charge in [-0.25, -0.2) is 0 Å². The maximum Gasteiger partial charge on any atom is 0.408 e. The number of nitrogens with one attached hydrogen (secondary N) is 1. The van der Waals surface area contributed by atoms with E-state index in [1.54, 1.807) is 20.8 Å². The molecule has 1 N–H and O–H groups in total. The Morgan fingerprint density at radius 3 is 2.00 bits per heavy atom. The van der Waals surface area contributed by atoms with Crippen LogP contribution in [-0.2, 0) is 11.4 Å². The van der Waals surface area contributed by atoms with E-state index < -0.39 is 34.2 Å². The first kappa shape index (κ1) is 13.1. The molecular weight excluding hydrogens is 227 g/mol. The summed E-state index contributed by atoms with van der Waals surface area (Å²) in [6.07, 6.45) is -3.17. The molecule has 0 radical (unpaired) electrons. The molecule has 0 aromatic rings. The smallest absolute Gasteiger partial charge is 0.408 e. The van der Waals surface area contributed by atoms with E-state index >= 15 is 0 Å². The van der Waals surface area contributed by atoms with E-state index in [2.05, 4.69) is 4.72 Å². The molecule has 1 saturated carbocycles. The van der Waals surface area contributed by atoms with E-state index in [0.29, 0.717) is 12.8 Å². The van der Waals surface area contributed by atoms with Crippen LogP contribution in [0.25, 0.3) is 0 Å². The molecule has 2 atom stereocenters. The van der Waals surface area contributed by atoms with Crippen molar-refractivity contribution in [2.45, 2.75) is 50.6 Å². The van der Waals surface area contributed by atoms with E-state index in [4.69, 9.17) is 0 Å². The van der Waals surface area contributed by atoms with Crippen LogP contribution in [0.2, 0.25) is 0 Å². The Morgan fingerprint density at radius 2 is 1.73 bits per heavy atom. The lowest BCUT2D eigenvalue weighted by atomic mass is 10.2. The van der Waals surface area contributed by atoms with Crippen molar-refractivity contribution in [3.8, 4) is 0 Å². The van der Waals surface area contributed by atoms with Gasteiger partial charge in [-0.1, -0.05) is 0 Å². The van der Waals surface area contributed by atoms with Crippen LogP contribution >= 0.6 is 0 Å². The second-order valence-electron chi connectivity index (χ2n) is 4.86. The molecule has 1 rings (SSSR count). The molecule has 0 aromatic carbocycles. The molecule has 0 spiro atoms. The van der Waals surface area contributed by atoms with Gasteiger partial charge in [-0.05, 0) is 39.5 Å². The summed E-state index contributed by atoms with van der Waals surface area (Å²) >= 11 is -1.66. The zero-order valence-corrected chi connectivity index (χ0v) is 9.84. The molecule has 0 heterocycles. The molecule has 1 fully saturated rings. The Hall–Kier alpha value is 0.0600. The molecule has 0 saturated heterocycles. The molecular formula is C9H16F3NOS. The van der Waals surface area contributed by atoms with Crippen LogP contribution in [-0.4, -0.2) is 21.5 Å². The van der Waals surface area contributed by atoms with Crippen molar-refractivity contribution in [2.75, 3.05) is 0 Å². The maximum absolute atomic E-state index is 12.6. The molecule has 15 heavy (non-hydrogen) atoms. The summed E-state index contributed by atoms with van der Waals surface area (Å²) in [7, 11) is 0.